The molecule has 0 amide bonds. The molecule has 0 aromatic heterocycles. The Labute approximate surface area is 171 Å². The van der Waals surface area contributed by atoms with Crippen molar-refractivity contribution in [2.45, 2.75) is 155 Å². The maximum atomic E-state index is 12.0. The zero-order chi connectivity index (χ0) is 20.0. The Hall–Kier alpha value is -0.530. The quantitative estimate of drug-likeness (QED) is 0.146. The van der Waals surface area contributed by atoms with Crippen LogP contribution in [0.5, 0.6) is 0 Å². The molecular weight excluding hydrogens is 332 g/mol. The van der Waals surface area contributed by atoms with E-state index >= 15 is 0 Å². The normalized spacial score (nSPS) is 12.3. The number of carbonyl (C=O) groups is 1. The van der Waals surface area contributed by atoms with Crippen molar-refractivity contribution < 1.29 is 9.53 Å². The van der Waals surface area contributed by atoms with Crippen LogP contribution in [0.4, 0.5) is 0 Å². The second-order valence-electron chi connectivity index (χ2n) is 8.36. The lowest BCUT2D eigenvalue weighted by molar-refractivity contribution is -0.149. The van der Waals surface area contributed by atoms with E-state index in [9.17, 15) is 4.79 Å². The van der Waals surface area contributed by atoms with Crippen LogP contribution >= 0.6 is 0 Å². The van der Waals surface area contributed by atoms with Crippen LogP contribution in [0, 0.1) is 0 Å². The SMILES string of the molecule is CCCCCCCCCCC[C@@H](CC)OC(=O)CCCCCCCCCC. The number of hydrogen-bond donors (Lipinski definition) is 0. The monoisotopic (exact) mass is 382 g/mol. The second kappa shape index (κ2) is 21.8. The minimum absolute atomic E-state index is 0.0313. The second-order valence-corrected chi connectivity index (χ2v) is 8.36. The first kappa shape index (κ1) is 26.5. The Bertz CT molecular complexity index is 301. The van der Waals surface area contributed by atoms with Gasteiger partial charge in [0.2, 0.25) is 0 Å². The smallest absolute Gasteiger partial charge is 0.306 e. The molecule has 0 unspecified atom stereocenters. The van der Waals surface area contributed by atoms with Gasteiger partial charge >= 0.3 is 5.97 Å². The summed E-state index contributed by atoms with van der Waals surface area (Å²) in [5.41, 5.74) is 0. The third-order valence-electron chi connectivity index (χ3n) is 5.62. The Morgan fingerprint density at radius 1 is 0.593 bits per heavy atom. The molecule has 0 aromatic carbocycles. The maximum Gasteiger partial charge on any atom is 0.306 e. The van der Waals surface area contributed by atoms with Crippen molar-refractivity contribution in [1.82, 2.24) is 0 Å². The van der Waals surface area contributed by atoms with E-state index in [0.717, 1.165) is 19.3 Å². The Morgan fingerprint density at radius 2 is 1.00 bits per heavy atom. The molecule has 0 saturated carbocycles. The topological polar surface area (TPSA) is 26.3 Å². The van der Waals surface area contributed by atoms with E-state index in [1.165, 1.54) is 103 Å². The lowest BCUT2D eigenvalue weighted by Gasteiger charge is -2.16. The molecule has 0 aliphatic carbocycles. The number of esters is 1. The highest BCUT2D eigenvalue weighted by Gasteiger charge is 2.12. The highest BCUT2D eigenvalue weighted by molar-refractivity contribution is 5.69. The van der Waals surface area contributed by atoms with E-state index in [4.69, 9.17) is 4.74 Å². The Balaban J connectivity index is 3.48. The summed E-state index contributed by atoms with van der Waals surface area (Å²) in [6.07, 6.45) is 25.1. The van der Waals surface area contributed by atoms with Crippen LogP contribution in [0.3, 0.4) is 0 Å². The molecule has 0 saturated heterocycles. The van der Waals surface area contributed by atoms with Gasteiger partial charge in [-0.05, 0) is 25.7 Å². The molecular formula is C25H50O2. The van der Waals surface area contributed by atoms with Gasteiger partial charge in [0.15, 0.2) is 0 Å². The molecule has 0 rings (SSSR count). The van der Waals surface area contributed by atoms with Crippen molar-refractivity contribution in [3.05, 3.63) is 0 Å². The third-order valence-corrected chi connectivity index (χ3v) is 5.62. The van der Waals surface area contributed by atoms with Gasteiger partial charge in [-0.15, -0.1) is 0 Å². The van der Waals surface area contributed by atoms with Gasteiger partial charge in [-0.25, -0.2) is 0 Å². The highest BCUT2D eigenvalue weighted by atomic mass is 16.5. The minimum atomic E-state index is 0.0313. The summed E-state index contributed by atoms with van der Waals surface area (Å²) in [6, 6.07) is 0. The fourth-order valence-corrected chi connectivity index (χ4v) is 3.68. The van der Waals surface area contributed by atoms with E-state index in [1.807, 2.05) is 0 Å². The molecule has 2 heteroatoms. The zero-order valence-corrected chi connectivity index (χ0v) is 19.0. The van der Waals surface area contributed by atoms with Crippen molar-refractivity contribution in [1.29, 1.82) is 0 Å². The summed E-state index contributed by atoms with van der Waals surface area (Å²) in [5.74, 6) is 0.0313. The van der Waals surface area contributed by atoms with Crippen LogP contribution in [-0.4, -0.2) is 12.1 Å². The van der Waals surface area contributed by atoms with Crippen molar-refractivity contribution in [2.24, 2.45) is 0 Å². The summed E-state index contributed by atoms with van der Waals surface area (Å²) >= 11 is 0. The van der Waals surface area contributed by atoms with E-state index in [1.54, 1.807) is 0 Å². The number of carbonyl (C=O) groups excluding carboxylic acids is 1. The van der Waals surface area contributed by atoms with Gasteiger partial charge in [0, 0.05) is 6.42 Å². The van der Waals surface area contributed by atoms with Gasteiger partial charge in [-0.3, -0.25) is 4.79 Å². The maximum absolute atomic E-state index is 12.0. The summed E-state index contributed by atoms with van der Waals surface area (Å²) in [6.45, 7) is 6.67. The summed E-state index contributed by atoms with van der Waals surface area (Å²) in [5, 5.41) is 0. The molecule has 0 spiro atoms. The summed E-state index contributed by atoms with van der Waals surface area (Å²) in [7, 11) is 0. The van der Waals surface area contributed by atoms with Gasteiger partial charge in [0.05, 0.1) is 0 Å². The van der Waals surface area contributed by atoms with Crippen molar-refractivity contribution in [3.8, 4) is 0 Å². The summed E-state index contributed by atoms with van der Waals surface area (Å²) < 4.78 is 5.69. The van der Waals surface area contributed by atoms with Crippen LogP contribution in [0.2, 0.25) is 0 Å². The van der Waals surface area contributed by atoms with Crippen molar-refractivity contribution in [2.75, 3.05) is 0 Å². The summed E-state index contributed by atoms with van der Waals surface area (Å²) in [4.78, 5) is 12.0. The largest absolute Gasteiger partial charge is 0.462 e. The number of rotatable bonds is 21. The molecule has 162 valence electrons. The predicted molar refractivity (Wildman–Crippen MR) is 119 cm³/mol. The first-order valence-corrected chi connectivity index (χ1v) is 12.4. The molecule has 0 bridgehead atoms. The van der Waals surface area contributed by atoms with Gasteiger partial charge in [-0.1, -0.05) is 117 Å². The fourth-order valence-electron chi connectivity index (χ4n) is 3.68. The highest BCUT2D eigenvalue weighted by Crippen LogP contribution is 2.15. The lowest BCUT2D eigenvalue weighted by atomic mass is 10.0. The third kappa shape index (κ3) is 20.0. The molecule has 27 heavy (non-hydrogen) atoms. The molecule has 1 atom stereocenters. The first-order chi connectivity index (χ1) is 13.2. The predicted octanol–water partition coefficient (Wildman–Crippen LogP) is 8.76. The molecule has 0 N–H and O–H groups in total. The molecule has 2 nitrogen and oxygen atoms in total. The minimum Gasteiger partial charge on any atom is -0.462 e. The fraction of sp³-hybridized carbons (Fsp3) is 0.960. The van der Waals surface area contributed by atoms with E-state index in [0.29, 0.717) is 6.42 Å². The van der Waals surface area contributed by atoms with Gasteiger partial charge in [-0.2, -0.15) is 0 Å². The average Bonchev–Trinajstić information content (AvgIpc) is 2.67. The van der Waals surface area contributed by atoms with Crippen LogP contribution in [0.15, 0.2) is 0 Å². The van der Waals surface area contributed by atoms with E-state index in [-0.39, 0.29) is 12.1 Å². The molecule has 0 heterocycles. The molecule has 0 aliphatic rings. The molecule has 0 radical (unpaired) electrons. The molecule has 0 aromatic rings. The van der Waals surface area contributed by atoms with Crippen LogP contribution in [0.25, 0.3) is 0 Å². The molecule has 0 aliphatic heterocycles. The molecule has 0 fully saturated rings. The van der Waals surface area contributed by atoms with Gasteiger partial charge in [0.25, 0.3) is 0 Å². The van der Waals surface area contributed by atoms with Crippen molar-refractivity contribution >= 4 is 5.97 Å². The number of unbranched alkanes of at least 4 members (excludes halogenated alkanes) is 15. The van der Waals surface area contributed by atoms with Crippen molar-refractivity contribution in [3.63, 3.8) is 0 Å². The van der Waals surface area contributed by atoms with Gasteiger partial charge in [0.1, 0.15) is 6.10 Å². The Kier molecular flexibility index (Phi) is 21.3. The zero-order valence-electron chi connectivity index (χ0n) is 19.0. The van der Waals surface area contributed by atoms with E-state index in [2.05, 4.69) is 20.8 Å². The lowest BCUT2D eigenvalue weighted by Crippen LogP contribution is -2.17. The van der Waals surface area contributed by atoms with E-state index < -0.39 is 0 Å². The van der Waals surface area contributed by atoms with Crippen LogP contribution in [-0.2, 0) is 9.53 Å². The number of hydrogen-bond acceptors (Lipinski definition) is 2. The average molecular weight is 383 g/mol. The van der Waals surface area contributed by atoms with Crippen LogP contribution < -0.4 is 0 Å². The standard InChI is InChI=1S/C25H50O2/c1-4-7-9-11-13-15-16-18-20-22-24(6-3)27-25(26)23-21-19-17-14-12-10-8-5-2/h24H,4-23H2,1-3H3/t24-/m1/s1. The van der Waals surface area contributed by atoms with Crippen LogP contribution in [0.1, 0.15) is 149 Å². The Morgan fingerprint density at radius 3 is 1.44 bits per heavy atom. The number of ether oxygens (including phenoxy) is 1. The van der Waals surface area contributed by atoms with Gasteiger partial charge < -0.3 is 4.74 Å². The first-order valence-electron chi connectivity index (χ1n) is 12.4.